The van der Waals surface area contributed by atoms with Crippen LogP contribution in [0.1, 0.15) is 46.0 Å². The molecule has 1 heterocycles. The number of nitrogens with zero attached hydrogens (tertiary/aromatic N) is 1. The first-order valence-electron chi connectivity index (χ1n) is 8.15. The second-order valence-corrected chi connectivity index (χ2v) is 7.44. The van der Waals surface area contributed by atoms with Crippen molar-refractivity contribution in [2.75, 3.05) is 39.9 Å². The quantitative estimate of drug-likeness (QED) is 0.746. The number of nitrogens with one attached hydrogen (secondary N) is 1. The van der Waals surface area contributed by atoms with E-state index in [4.69, 9.17) is 4.74 Å². The summed E-state index contributed by atoms with van der Waals surface area (Å²) in [5.41, 5.74) is -0.227. The predicted molar refractivity (Wildman–Crippen MR) is 81.9 cm³/mol. The van der Waals surface area contributed by atoms with Gasteiger partial charge in [0.1, 0.15) is 0 Å². The first kappa shape index (κ1) is 16.2. The molecule has 0 spiro atoms. The molecule has 0 radical (unpaired) electrons. The SMILES string of the molecule is CC(C)NCC1(CN(C)CC2(O)CCCC2)CCOC1. The standard InChI is InChI=1S/C16H32N2O2/c1-14(2)17-10-15(8-9-20-13-15)11-18(3)12-16(19)6-4-5-7-16/h14,17,19H,4-13H2,1-3H3. The summed E-state index contributed by atoms with van der Waals surface area (Å²) in [6, 6.07) is 0.511. The predicted octanol–water partition coefficient (Wildman–Crippen LogP) is 1.63. The Morgan fingerprint density at radius 1 is 1.20 bits per heavy atom. The highest BCUT2D eigenvalue weighted by Gasteiger charge is 2.38. The summed E-state index contributed by atoms with van der Waals surface area (Å²) >= 11 is 0. The van der Waals surface area contributed by atoms with Gasteiger partial charge in [-0.3, -0.25) is 0 Å². The number of aliphatic hydroxyl groups is 1. The molecule has 2 N–H and O–H groups in total. The van der Waals surface area contributed by atoms with Gasteiger partial charge >= 0.3 is 0 Å². The zero-order valence-corrected chi connectivity index (χ0v) is 13.5. The van der Waals surface area contributed by atoms with Crippen LogP contribution in [0.2, 0.25) is 0 Å². The number of hydrogen-bond acceptors (Lipinski definition) is 4. The van der Waals surface area contributed by atoms with Crippen molar-refractivity contribution in [3.8, 4) is 0 Å². The van der Waals surface area contributed by atoms with Crippen LogP contribution in [0.25, 0.3) is 0 Å². The Bertz CT molecular complexity index is 295. The van der Waals surface area contributed by atoms with Crippen molar-refractivity contribution in [2.45, 2.75) is 57.6 Å². The topological polar surface area (TPSA) is 44.7 Å². The molecule has 0 bridgehead atoms. The van der Waals surface area contributed by atoms with Gasteiger partial charge in [-0.15, -0.1) is 0 Å². The average molecular weight is 284 g/mol. The van der Waals surface area contributed by atoms with Crippen LogP contribution >= 0.6 is 0 Å². The van der Waals surface area contributed by atoms with Crippen LogP contribution < -0.4 is 5.32 Å². The maximum atomic E-state index is 10.5. The third kappa shape index (κ3) is 4.42. The third-order valence-corrected chi connectivity index (χ3v) is 4.77. The van der Waals surface area contributed by atoms with Gasteiger partial charge in [-0.2, -0.15) is 0 Å². The van der Waals surface area contributed by atoms with Crippen molar-refractivity contribution in [3.05, 3.63) is 0 Å². The van der Waals surface area contributed by atoms with Gasteiger partial charge in [0.25, 0.3) is 0 Å². The van der Waals surface area contributed by atoms with Gasteiger partial charge in [0.2, 0.25) is 0 Å². The smallest absolute Gasteiger partial charge is 0.0774 e. The molecule has 118 valence electrons. The Labute approximate surface area is 123 Å². The minimum Gasteiger partial charge on any atom is -0.389 e. The zero-order valence-electron chi connectivity index (χ0n) is 13.5. The van der Waals surface area contributed by atoms with Crippen molar-refractivity contribution >= 4 is 0 Å². The number of rotatable bonds is 7. The number of hydrogen-bond donors (Lipinski definition) is 2. The molecule has 1 atom stereocenters. The van der Waals surface area contributed by atoms with E-state index in [2.05, 4.69) is 31.1 Å². The Balaban J connectivity index is 1.87. The van der Waals surface area contributed by atoms with E-state index in [-0.39, 0.29) is 5.41 Å². The zero-order chi connectivity index (χ0) is 14.6. The molecule has 1 aliphatic carbocycles. The minimum atomic E-state index is -0.444. The second-order valence-electron chi connectivity index (χ2n) is 7.44. The Morgan fingerprint density at radius 3 is 2.45 bits per heavy atom. The lowest BCUT2D eigenvalue weighted by Gasteiger charge is -2.36. The Hall–Kier alpha value is -0.160. The summed E-state index contributed by atoms with van der Waals surface area (Å²) in [4.78, 5) is 2.32. The molecule has 20 heavy (non-hydrogen) atoms. The molecule has 1 aliphatic heterocycles. The molecule has 1 saturated heterocycles. The van der Waals surface area contributed by atoms with Gasteiger partial charge in [0.15, 0.2) is 0 Å². The summed E-state index contributed by atoms with van der Waals surface area (Å²) < 4.78 is 5.66. The monoisotopic (exact) mass is 284 g/mol. The fourth-order valence-electron chi connectivity index (χ4n) is 3.71. The normalized spacial score (nSPS) is 29.7. The lowest BCUT2D eigenvalue weighted by Crippen LogP contribution is -2.48. The van der Waals surface area contributed by atoms with Gasteiger partial charge in [0.05, 0.1) is 12.2 Å². The van der Waals surface area contributed by atoms with Crippen molar-refractivity contribution in [3.63, 3.8) is 0 Å². The molecular weight excluding hydrogens is 252 g/mol. The fourth-order valence-corrected chi connectivity index (χ4v) is 3.71. The number of ether oxygens (including phenoxy) is 1. The highest BCUT2D eigenvalue weighted by atomic mass is 16.5. The van der Waals surface area contributed by atoms with Crippen molar-refractivity contribution in [2.24, 2.45) is 5.41 Å². The highest BCUT2D eigenvalue weighted by molar-refractivity contribution is 4.92. The van der Waals surface area contributed by atoms with E-state index < -0.39 is 5.60 Å². The molecule has 0 amide bonds. The van der Waals surface area contributed by atoms with Gasteiger partial charge in [-0.05, 0) is 26.3 Å². The van der Waals surface area contributed by atoms with Crippen molar-refractivity contribution < 1.29 is 9.84 Å². The molecule has 4 nitrogen and oxygen atoms in total. The van der Waals surface area contributed by atoms with E-state index in [0.717, 1.165) is 52.1 Å². The maximum Gasteiger partial charge on any atom is 0.0774 e. The first-order valence-corrected chi connectivity index (χ1v) is 8.15. The van der Waals surface area contributed by atoms with E-state index in [9.17, 15) is 5.11 Å². The van der Waals surface area contributed by atoms with Crippen molar-refractivity contribution in [1.82, 2.24) is 10.2 Å². The maximum absolute atomic E-state index is 10.5. The van der Waals surface area contributed by atoms with Crippen LogP contribution in [0.5, 0.6) is 0 Å². The van der Waals surface area contributed by atoms with E-state index in [0.29, 0.717) is 6.04 Å². The van der Waals surface area contributed by atoms with Crippen LogP contribution in [-0.4, -0.2) is 61.5 Å². The van der Waals surface area contributed by atoms with E-state index in [1.54, 1.807) is 0 Å². The molecule has 2 aliphatic rings. The third-order valence-electron chi connectivity index (χ3n) is 4.77. The molecule has 4 heteroatoms. The van der Waals surface area contributed by atoms with Crippen LogP contribution in [0.4, 0.5) is 0 Å². The van der Waals surface area contributed by atoms with Gasteiger partial charge in [-0.25, -0.2) is 0 Å². The second kappa shape index (κ2) is 6.73. The molecule has 0 aromatic carbocycles. The highest BCUT2D eigenvalue weighted by Crippen LogP contribution is 2.33. The molecule has 0 aromatic rings. The van der Waals surface area contributed by atoms with Crippen LogP contribution in [-0.2, 0) is 4.74 Å². The summed E-state index contributed by atoms with van der Waals surface area (Å²) in [6.07, 6.45) is 5.40. The summed E-state index contributed by atoms with van der Waals surface area (Å²) in [5, 5.41) is 14.1. The summed E-state index contributed by atoms with van der Waals surface area (Å²) in [7, 11) is 2.14. The van der Waals surface area contributed by atoms with Crippen LogP contribution in [0.15, 0.2) is 0 Å². The van der Waals surface area contributed by atoms with E-state index in [1.807, 2.05) is 0 Å². The molecule has 2 rings (SSSR count). The molecule has 0 aromatic heterocycles. The fraction of sp³-hybridized carbons (Fsp3) is 1.00. The van der Waals surface area contributed by atoms with Gasteiger partial charge < -0.3 is 20.1 Å². The van der Waals surface area contributed by atoms with Crippen LogP contribution in [0, 0.1) is 5.41 Å². The Kier molecular flexibility index (Phi) is 5.46. The first-order chi connectivity index (χ1) is 9.43. The average Bonchev–Trinajstić information content (AvgIpc) is 2.97. The molecule has 1 saturated carbocycles. The van der Waals surface area contributed by atoms with Gasteiger partial charge in [-0.1, -0.05) is 26.7 Å². The largest absolute Gasteiger partial charge is 0.389 e. The molecule has 1 unspecified atom stereocenters. The molecular formula is C16H32N2O2. The summed E-state index contributed by atoms with van der Waals surface area (Å²) in [6.45, 7) is 8.91. The molecule has 2 fully saturated rings. The van der Waals surface area contributed by atoms with Crippen LogP contribution in [0.3, 0.4) is 0 Å². The number of likely N-dealkylation sites (N-methyl/N-ethyl adjacent to an activating group) is 1. The van der Waals surface area contributed by atoms with Crippen molar-refractivity contribution in [1.29, 1.82) is 0 Å². The van der Waals surface area contributed by atoms with E-state index >= 15 is 0 Å². The van der Waals surface area contributed by atoms with E-state index in [1.165, 1.54) is 12.8 Å². The van der Waals surface area contributed by atoms with Gasteiger partial charge in [0, 0.05) is 37.7 Å². The summed E-state index contributed by atoms with van der Waals surface area (Å²) in [5.74, 6) is 0. The minimum absolute atomic E-state index is 0.216. The lowest BCUT2D eigenvalue weighted by molar-refractivity contribution is 0.00368. The lowest BCUT2D eigenvalue weighted by atomic mass is 9.86. The Morgan fingerprint density at radius 2 is 1.90 bits per heavy atom.